The summed E-state index contributed by atoms with van der Waals surface area (Å²) in [7, 11) is 0. The van der Waals surface area contributed by atoms with Crippen LogP contribution in [0.5, 0.6) is 0 Å². The summed E-state index contributed by atoms with van der Waals surface area (Å²) < 4.78 is 0. The Hall–Kier alpha value is -0.570. The number of carboxylic acid groups (broad SMARTS) is 1. The molecule has 74 valence electrons. The third-order valence-electron chi connectivity index (χ3n) is 3.38. The Balaban J connectivity index is 2.96. The van der Waals surface area contributed by atoms with Gasteiger partial charge in [0.1, 0.15) is 6.29 Å². The lowest BCUT2D eigenvalue weighted by Gasteiger charge is -2.12. The maximum absolute atomic E-state index is 11.0. The number of carboxylic acids is 1. The topological polar surface area (TPSA) is 54.4 Å². The van der Waals surface area contributed by atoms with E-state index in [2.05, 4.69) is 0 Å². The summed E-state index contributed by atoms with van der Waals surface area (Å²) in [6, 6.07) is 0. The minimum atomic E-state index is -0.920. The molecular weight excluding hydrogens is 192 g/mol. The van der Waals surface area contributed by atoms with Crippen molar-refractivity contribution in [3.05, 3.63) is 0 Å². The van der Waals surface area contributed by atoms with E-state index in [1.165, 1.54) is 0 Å². The second-order valence-corrected chi connectivity index (χ2v) is 4.43. The number of hydrogen-bond donors (Lipinski definition) is 1. The first-order valence-corrected chi connectivity index (χ1v) is 4.73. The first-order valence-electron chi connectivity index (χ1n) is 4.19. The number of carbonyl (C=O) groups is 2. The second kappa shape index (κ2) is 2.98. The Kier molecular flexibility index (Phi) is 2.41. The van der Waals surface area contributed by atoms with Crippen molar-refractivity contribution in [3.8, 4) is 0 Å². The lowest BCUT2D eigenvalue weighted by atomic mass is 9.93. The van der Waals surface area contributed by atoms with Crippen molar-refractivity contribution in [1.29, 1.82) is 0 Å². The average molecular weight is 205 g/mol. The highest BCUT2D eigenvalue weighted by molar-refractivity contribution is 6.18. The molecule has 0 spiro atoms. The highest BCUT2D eigenvalue weighted by atomic mass is 35.5. The molecule has 0 aromatic heterocycles. The molecule has 2 unspecified atom stereocenters. The zero-order chi connectivity index (χ0) is 10.3. The summed E-state index contributed by atoms with van der Waals surface area (Å²) >= 11 is 5.54. The zero-order valence-electron chi connectivity index (χ0n) is 7.71. The van der Waals surface area contributed by atoms with E-state index in [1.807, 2.05) is 0 Å². The molecule has 2 atom stereocenters. The molecule has 0 aromatic carbocycles. The first-order chi connectivity index (χ1) is 5.95. The van der Waals surface area contributed by atoms with Gasteiger partial charge in [-0.1, -0.05) is 13.8 Å². The number of aliphatic carboxylic acids is 1. The van der Waals surface area contributed by atoms with Crippen LogP contribution in [0.4, 0.5) is 0 Å². The van der Waals surface area contributed by atoms with Crippen LogP contribution in [-0.4, -0.2) is 23.2 Å². The molecule has 0 radical (unpaired) electrons. The van der Waals surface area contributed by atoms with Crippen molar-refractivity contribution in [2.75, 3.05) is 5.88 Å². The van der Waals surface area contributed by atoms with E-state index in [0.29, 0.717) is 6.42 Å². The van der Waals surface area contributed by atoms with Crippen molar-refractivity contribution in [1.82, 2.24) is 0 Å². The van der Waals surface area contributed by atoms with E-state index in [0.717, 1.165) is 6.29 Å². The minimum absolute atomic E-state index is 0.278. The number of halogens is 1. The van der Waals surface area contributed by atoms with Gasteiger partial charge < -0.3 is 9.90 Å². The maximum Gasteiger partial charge on any atom is 0.310 e. The van der Waals surface area contributed by atoms with E-state index in [4.69, 9.17) is 16.7 Å². The highest BCUT2D eigenvalue weighted by Gasteiger charge is 2.75. The van der Waals surface area contributed by atoms with Crippen LogP contribution in [0.25, 0.3) is 0 Å². The van der Waals surface area contributed by atoms with Gasteiger partial charge in [0, 0.05) is 11.8 Å². The van der Waals surface area contributed by atoms with Gasteiger partial charge in [0.2, 0.25) is 0 Å². The van der Waals surface area contributed by atoms with Crippen LogP contribution in [-0.2, 0) is 9.59 Å². The van der Waals surface area contributed by atoms with Crippen LogP contribution in [0.3, 0.4) is 0 Å². The van der Waals surface area contributed by atoms with Crippen LogP contribution in [0.1, 0.15) is 20.3 Å². The van der Waals surface area contributed by atoms with Crippen LogP contribution in [0.2, 0.25) is 0 Å². The zero-order valence-corrected chi connectivity index (χ0v) is 8.47. The fraction of sp³-hybridized carbons (Fsp3) is 0.778. The van der Waals surface area contributed by atoms with Gasteiger partial charge in [-0.2, -0.15) is 0 Å². The molecule has 1 N–H and O–H groups in total. The Bertz CT molecular complexity index is 249. The molecule has 13 heavy (non-hydrogen) atoms. The number of aldehydes is 1. The van der Waals surface area contributed by atoms with Crippen molar-refractivity contribution >= 4 is 23.9 Å². The maximum atomic E-state index is 11.0. The fourth-order valence-corrected chi connectivity index (χ4v) is 2.62. The molecule has 0 bridgehead atoms. The smallest absolute Gasteiger partial charge is 0.310 e. The molecule has 0 amide bonds. The van der Waals surface area contributed by atoms with E-state index < -0.39 is 22.7 Å². The molecular formula is C9H13ClO3. The third-order valence-corrected chi connectivity index (χ3v) is 3.57. The van der Waals surface area contributed by atoms with Gasteiger partial charge in [0.25, 0.3) is 0 Å². The van der Waals surface area contributed by atoms with Crippen LogP contribution in [0.15, 0.2) is 0 Å². The summed E-state index contributed by atoms with van der Waals surface area (Å²) in [6.45, 7) is 3.60. The van der Waals surface area contributed by atoms with E-state index in [9.17, 15) is 9.59 Å². The van der Waals surface area contributed by atoms with Crippen LogP contribution < -0.4 is 0 Å². The molecule has 1 rings (SSSR count). The highest BCUT2D eigenvalue weighted by Crippen LogP contribution is 2.69. The van der Waals surface area contributed by atoms with Crippen LogP contribution >= 0.6 is 11.6 Å². The third kappa shape index (κ3) is 1.10. The molecule has 1 saturated carbocycles. The van der Waals surface area contributed by atoms with Gasteiger partial charge in [-0.3, -0.25) is 4.79 Å². The van der Waals surface area contributed by atoms with Gasteiger partial charge >= 0.3 is 5.97 Å². The second-order valence-electron chi connectivity index (χ2n) is 4.05. The molecule has 3 nitrogen and oxygen atoms in total. The number of hydrogen-bond acceptors (Lipinski definition) is 2. The summed E-state index contributed by atoms with van der Waals surface area (Å²) in [5.74, 6) is -1.02. The first kappa shape index (κ1) is 10.5. The minimum Gasteiger partial charge on any atom is -0.481 e. The quantitative estimate of drug-likeness (QED) is 0.558. The van der Waals surface area contributed by atoms with Gasteiger partial charge in [-0.05, 0) is 11.8 Å². The Morgan fingerprint density at radius 3 is 2.38 bits per heavy atom. The van der Waals surface area contributed by atoms with Crippen LogP contribution in [0, 0.1) is 16.7 Å². The monoisotopic (exact) mass is 204 g/mol. The van der Waals surface area contributed by atoms with E-state index in [-0.39, 0.29) is 5.88 Å². The fourth-order valence-electron chi connectivity index (χ4n) is 2.32. The number of alkyl halides is 1. The molecule has 1 aliphatic carbocycles. The number of carbonyl (C=O) groups excluding carboxylic acids is 1. The summed E-state index contributed by atoms with van der Waals surface area (Å²) in [5.41, 5.74) is -1.37. The Labute approximate surface area is 82.1 Å². The molecule has 0 saturated heterocycles. The molecule has 4 heteroatoms. The summed E-state index contributed by atoms with van der Waals surface area (Å²) in [5, 5.41) is 9.05. The van der Waals surface area contributed by atoms with Crippen molar-refractivity contribution < 1.29 is 14.7 Å². The molecule has 0 heterocycles. The van der Waals surface area contributed by atoms with Crippen molar-refractivity contribution in [3.63, 3.8) is 0 Å². The molecule has 1 aliphatic rings. The van der Waals surface area contributed by atoms with Crippen molar-refractivity contribution in [2.45, 2.75) is 20.3 Å². The molecule has 1 fully saturated rings. The van der Waals surface area contributed by atoms with Gasteiger partial charge in [0.05, 0.1) is 5.41 Å². The predicted molar refractivity (Wildman–Crippen MR) is 48.7 cm³/mol. The lowest BCUT2D eigenvalue weighted by Crippen LogP contribution is -2.22. The van der Waals surface area contributed by atoms with Gasteiger partial charge in [-0.25, -0.2) is 0 Å². The largest absolute Gasteiger partial charge is 0.481 e. The van der Waals surface area contributed by atoms with E-state index in [1.54, 1.807) is 13.8 Å². The van der Waals surface area contributed by atoms with Gasteiger partial charge in [-0.15, -0.1) is 11.6 Å². The normalized spacial score (nSPS) is 35.5. The standard InChI is InChI=1S/C9H13ClO3/c1-8(2)6(5-11)9(8,3-4-10)7(12)13/h5-6H,3-4H2,1-2H3,(H,12,13). The van der Waals surface area contributed by atoms with Gasteiger partial charge in [0.15, 0.2) is 0 Å². The SMILES string of the molecule is CC1(C)C(C=O)C1(CCCl)C(=O)O. The molecule has 0 aromatic rings. The number of rotatable bonds is 4. The molecule has 0 aliphatic heterocycles. The lowest BCUT2D eigenvalue weighted by molar-refractivity contribution is -0.145. The summed E-state index contributed by atoms with van der Waals surface area (Å²) in [6.07, 6.45) is 1.10. The Morgan fingerprint density at radius 1 is 1.62 bits per heavy atom. The average Bonchev–Trinajstić information content (AvgIpc) is 2.49. The van der Waals surface area contributed by atoms with E-state index >= 15 is 0 Å². The van der Waals surface area contributed by atoms with Crippen molar-refractivity contribution in [2.24, 2.45) is 16.7 Å². The predicted octanol–water partition coefficient (Wildman–Crippen LogP) is 1.54. The summed E-state index contributed by atoms with van der Waals surface area (Å²) in [4.78, 5) is 21.7. The Morgan fingerprint density at radius 2 is 2.15 bits per heavy atom.